The van der Waals surface area contributed by atoms with Crippen LogP contribution >= 0.6 is 0 Å². The first kappa shape index (κ1) is 17.0. The van der Waals surface area contributed by atoms with Crippen LogP contribution in [-0.4, -0.2) is 18.0 Å². The van der Waals surface area contributed by atoms with Gasteiger partial charge in [0.1, 0.15) is 11.5 Å². The third kappa shape index (κ3) is 4.59. The number of carbonyl (C=O) groups is 2. The lowest BCUT2D eigenvalue weighted by atomic mass is 10.2. The molecule has 0 spiro atoms. The summed E-state index contributed by atoms with van der Waals surface area (Å²) in [5, 5.41) is 2.74. The fourth-order valence-electron chi connectivity index (χ4n) is 2.44. The van der Waals surface area contributed by atoms with Gasteiger partial charge in [-0.3, -0.25) is 9.59 Å². The quantitative estimate of drug-likeness (QED) is 0.808. The highest BCUT2D eigenvalue weighted by Gasteiger charge is 2.41. The molecule has 0 aliphatic heterocycles. The lowest BCUT2D eigenvalue weighted by Crippen LogP contribution is -2.30. The van der Waals surface area contributed by atoms with Crippen molar-refractivity contribution in [1.29, 1.82) is 0 Å². The lowest BCUT2D eigenvalue weighted by Gasteiger charge is -2.14. The van der Waals surface area contributed by atoms with Crippen LogP contribution in [0.25, 0.3) is 0 Å². The Kier molecular flexibility index (Phi) is 5.03. The van der Waals surface area contributed by atoms with Crippen molar-refractivity contribution in [3.8, 4) is 11.5 Å². The zero-order valence-electron chi connectivity index (χ0n) is 14.3. The minimum atomic E-state index is -0.819. The van der Waals surface area contributed by atoms with Gasteiger partial charge in [-0.25, -0.2) is 0 Å². The number of benzene rings is 2. The predicted molar refractivity (Wildman–Crippen MR) is 94.4 cm³/mol. The summed E-state index contributed by atoms with van der Waals surface area (Å²) < 4.78 is 10.9. The summed E-state index contributed by atoms with van der Waals surface area (Å²) in [7, 11) is 0. The summed E-state index contributed by atoms with van der Waals surface area (Å²) in [6.45, 7) is 3.57. The second-order valence-electron chi connectivity index (χ2n) is 6.33. The van der Waals surface area contributed by atoms with Crippen molar-refractivity contribution in [1.82, 2.24) is 0 Å². The van der Waals surface area contributed by atoms with E-state index in [1.54, 1.807) is 31.2 Å². The van der Waals surface area contributed by atoms with E-state index in [1.165, 1.54) is 0 Å². The van der Waals surface area contributed by atoms with E-state index in [4.69, 9.17) is 9.47 Å². The maximum atomic E-state index is 12.1. The molecule has 1 aliphatic rings. The van der Waals surface area contributed by atoms with Gasteiger partial charge in [0.05, 0.1) is 5.92 Å². The van der Waals surface area contributed by atoms with Crippen LogP contribution in [0.5, 0.6) is 11.5 Å². The van der Waals surface area contributed by atoms with Gasteiger partial charge in [0.15, 0.2) is 6.10 Å². The normalized spacial score (nSPS) is 19.6. The molecule has 0 saturated heterocycles. The number of amides is 1. The van der Waals surface area contributed by atoms with Crippen LogP contribution in [0.4, 0.5) is 5.69 Å². The molecule has 130 valence electrons. The van der Waals surface area contributed by atoms with Gasteiger partial charge in [0, 0.05) is 5.69 Å². The third-order valence-corrected chi connectivity index (χ3v) is 4.18. The highest BCUT2D eigenvalue weighted by atomic mass is 16.5. The number of rotatable bonds is 6. The van der Waals surface area contributed by atoms with Gasteiger partial charge in [0.25, 0.3) is 5.91 Å². The topological polar surface area (TPSA) is 64.6 Å². The molecule has 2 aromatic carbocycles. The van der Waals surface area contributed by atoms with Gasteiger partial charge in [-0.05, 0) is 55.7 Å². The summed E-state index contributed by atoms with van der Waals surface area (Å²) in [6, 6.07) is 16.5. The standard InChI is InChI=1S/C20H21NO4/c1-13-12-18(13)20(23)24-14(2)19(22)21-15-8-10-17(11-9-15)25-16-6-4-3-5-7-16/h3-11,13-14,18H,12H2,1-2H3,(H,21,22). The summed E-state index contributed by atoms with van der Waals surface area (Å²) in [5.41, 5.74) is 0.619. The molecule has 1 N–H and O–H groups in total. The van der Waals surface area contributed by atoms with Crippen LogP contribution in [0, 0.1) is 11.8 Å². The molecule has 0 radical (unpaired) electrons. The van der Waals surface area contributed by atoms with E-state index in [0.717, 1.165) is 12.2 Å². The first-order valence-corrected chi connectivity index (χ1v) is 8.37. The SMILES string of the molecule is CC(OC(=O)C1CC1C)C(=O)Nc1ccc(Oc2ccccc2)cc1. The molecule has 3 atom stereocenters. The summed E-state index contributed by atoms with van der Waals surface area (Å²) in [4.78, 5) is 23.9. The lowest BCUT2D eigenvalue weighted by molar-refractivity contribution is -0.154. The van der Waals surface area contributed by atoms with Crippen molar-refractivity contribution in [2.75, 3.05) is 5.32 Å². The van der Waals surface area contributed by atoms with E-state index < -0.39 is 6.10 Å². The minimum Gasteiger partial charge on any atom is -0.457 e. The van der Waals surface area contributed by atoms with Crippen molar-refractivity contribution in [3.63, 3.8) is 0 Å². The Balaban J connectivity index is 1.52. The van der Waals surface area contributed by atoms with E-state index >= 15 is 0 Å². The fraction of sp³-hybridized carbons (Fsp3) is 0.300. The molecular formula is C20H21NO4. The van der Waals surface area contributed by atoms with Gasteiger partial charge < -0.3 is 14.8 Å². The van der Waals surface area contributed by atoms with Crippen LogP contribution in [0.15, 0.2) is 54.6 Å². The molecule has 5 nitrogen and oxygen atoms in total. The van der Waals surface area contributed by atoms with E-state index in [1.807, 2.05) is 37.3 Å². The Labute approximate surface area is 147 Å². The largest absolute Gasteiger partial charge is 0.457 e. The van der Waals surface area contributed by atoms with E-state index in [9.17, 15) is 9.59 Å². The highest BCUT2D eigenvalue weighted by molar-refractivity contribution is 5.95. The van der Waals surface area contributed by atoms with Gasteiger partial charge in [-0.2, -0.15) is 0 Å². The van der Waals surface area contributed by atoms with E-state index in [2.05, 4.69) is 5.32 Å². The Hall–Kier alpha value is -2.82. The minimum absolute atomic E-state index is 0.0512. The molecule has 1 aliphatic carbocycles. The highest BCUT2D eigenvalue weighted by Crippen LogP contribution is 2.38. The molecular weight excluding hydrogens is 318 g/mol. The van der Waals surface area contributed by atoms with Crippen molar-refractivity contribution in [2.24, 2.45) is 11.8 Å². The summed E-state index contributed by atoms with van der Waals surface area (Å²) >= 11 is 0. The average molecular weight is 339 g/mol. The van der Waals surface area contributed by atoms with Crippen molar-refractivity contribution < 1.29 is 19.1 Å². The average Bonchev–Trinajstić information content (AvgIpc) is 3.34. The molecule has 5 heteroatoms. The Morgan fingerprint density at radius 2 is 1.64 bits per heavy atom. The molecule has 0 heterocycles. The number of hydrogen-bond donors (Lipinski definition) is 1. The van der Waals surface area contributed by atoms with E-state index in [0.29, 0.717) is 17.4 Å². The van der Waals surface area contributed by atoms with Crippen molar-refractivity contribution in [2.45, 2.75) is 26.4 Å². The molecule has 1 saturated carbocycles. The number of ether oxygens (including phenoxy) is 2. The Morgan fingerprint density at radius 1 is 1.04 bits per heavy atom. The van der Waals surface area contributed by atoms with Crippen LogP contribution in [0.1, 0.15) is 20.3 Å². The van der Waals surface area contributed by atoms with Gasteiger partial charge in [-0.15, -0.1) is 0 Å². The first-order chi connectivity index (χ1) is 12.0. The first-order valence-electron chi connectivity index (χ1n) is 8.37. The van der Waals surface area contributed by atoms with Crippen LogP contribution in [0.2, 0.25) is 0 Å². The monoisotopic (exact) mass is 339 g/mol. The van der Waals surface area contributed by atoms with E-state index in [-0.39, 0.29) is 17.8 Å². The fourth-order valence-corrected chi connectivity index (χ4v) is 2.44. The van der Waals surface area contributed by atoms with Gasteiger partial charge >= 0.3 is 5.97 Å². The molecule has 0 aromatic heterocycles. The second-order valence-corrected chi connectivity index (χ2v) is 6.33. The molecule has 3 rings (SSSR count). The molecule has 0 bridgehead atoms. The van der Waals surface area contributed by atoms with Crippen molar-refractivity contribution >= 4 is 17.6 Å². The molecule has 3 unspecified atom stereocenters. The zero-order chi connectivity index (χ0) is 17.8. The van der Waals surface area contributed by atoms with Gasteiger partial charge in [-0.1, -0.05) is 25.1 Å². The van der Waals surface area contributed by atoms with Crippen molar-refractivity contribution in [3.05, 3.63) is 54.6 Å². The maximum Gasteiger partial charge on any atom is 0.309 e. The molecule has 2 aromatic rings. The second kappa shape index (κ2) is 7.38. The molecule has 1 amide bonds. The zero-order valence-corrected chi connectivity index (χ0v) is 14.3. The smallest absolute Gasteiger partial charge is 0.309 e. The van der Waals surface area contributed by atoms with Crippen LogP contribution in [-0.2, 0) is 14.3 Å². The summed E-state index contributed by atoms with van der Waals surface area (Å²) in [5.74, 6) is 1.09. The molecule has 25 heavy (non-hydrogen) atoms. The number of anilines is 1. The number of hydrogen-bond acceptors (Lipinski definition) is 4. The third-order valence-electron chi connectivity index (χ3n) is 4.18. The van der Waals surface area contributed by atoms with Gasteiger partial charge in [0.2, 0.25) is 0 Å². The summed E-state index contributed by atoms with van der Waals surface area (Å²) in [6.07, 6.45) is 0.0244. The number of para-hydroxylation sites is 1. The number of esters is 1. The predicted octanol–water partition coefficient (Wildman–Crippen LogP) is 4.01. The maximum absolute atomic E-state index is 12.1. The Morgan fingerprint density at radius 3 is 2.24 bits per heavy atom. The number of nitrogens with one attached hydrogen (secondary N) is 1. The Bertz CT molecular complexity index is 742. The molecule has 1 fully saturated rings. The van der Waals surface area contributed by atoms with Crippen LogP contribution < -0.4 is 10.1 Å². The van der Waals surface area contributed by atoms with Crippen LogP contribution in [0.3, 0.4) is 0 Å². The number of carbonyl (C=O) groups excluding carboxylic acids is 2.